The lowest BCUT2D eigenvalue weighted by molar-refractivity contribution is -0.188. The van der Waals surface area contributed by atoms with Crippen molar-refractivity contribution in [1.82, 2.24) is 14.7 Å². The molecule has 10 heteroatoms. The Balaban J connectivity index is 1.80. The van der Waals surface area contributed by atoms with Crippen LogP contribution in [0.15, 0.2) is 22.6 Å². The van der Waals surface area contributed by atoms with Crippen LogP contribution >= 0.6 is 12.2 Å². The molecule has 1 aromatic heterocycles. The van der Waals surface area contributed by atoms with E-state index < -0.39 is 12.1 Å². The van der Waals surface area contributed by atoms with E-state index in [2.05, 4.69) is 5.10 Å². The van der Waals surface area contributed by atoms with Gasteiger partial charge in [-0.05, 0) is 43.7 Å². The zero-order valence-electron chi connectivity index (χ0n) is 15.0. The van der Waals surface area contributed by atoms with Crippen LogP contribution in [-0.2, 0) is 6.67 Å². The summed E-state index contributed by atoms with van der Waals surface area (Å²) >= 11 is 5.19. The van der Waals surface area contributed by atoms with Gasteiger partial charge in [-0.25, -0.2) is 4.68 Å². The summed E-state index contributed by atoms with van der Waals surface area (Å²) in [5, 5.41) is 4.32. The summed E-state index contributed by atoms with van der Waals surface area (Å²) < 4.78 is 56.4. The third-order valence-electron chi connectivity index (χ3n) is 4.51. The molecule has 3 rings (SSSR count). The number of hydrogen-bond donors (Lipinski definition) is 0. The van der Waals surface area contributed by atoms with Crippen LogP contribution in [0, 0.1) is 10.8 Å². The van der Waals surface area contributed by atoms with Gasteiger partial charge in [0.25, 0.3) is 4.84 Å². The Bertz CT molecular complexity index is 828. The SMILES string of the molecule is COc1cc(OC)cc(-c2nn(CN3CCCC(C(F)(F)F)C3)c(=S)o2)c1. The highest BCUT2D eigenvalue weighted by molar-refractivity contribution is 7.71. The second-order valence-corrected chi connectivity index (χ2v) is 6.72. The van der Waals surface area contributed by atoms with E-state index in [1.165, 1.54) is 18.9 Å². The first-order chi connectivity index (χ1) is 12.8. The van der Waals surface area contributed by atoms with Gasteiger partial charge >= 0.3 is 6.18 Å². The molecule has 0 amide bonds. The van der Waals surface area contributed by atoms with Crippen LogP contribution in [0.1, 0.15) is 12.8 Å². The number of rotatable bonds is 5. The van der Waals surface area contributed by atoms with Gasteiger partial charge in [-0.15, -0.1) is 5.10 Å². The summed E-state index contributed by atoms with van der Waals surface area (Å²) in [7, 11) is 3.06. The Morgan fingerprint density at radius 3 is 2.48 bits per heavy atom. The van der Waals surface area contributed by atoms with E-state index in [0.717, 1.165) is 0 Å². The van der Waals surface area contributed by atoms with Crippen molar-refractivity contribution in [1.29, 1.82) is 0 Å². The minimum Gasteiger partial charge on any atom is -0.497 e. The highest BCUT2D eigenvalue weighted by Crippen LogP contribution is 2.33. The maximum atomic E-state index is 13.0. The first kappa shape index (κ1) is 19.7. The van der Waals surface area contributed by atoms with E-state index in [0.29, 0.717) is 30.0 Å². The van der Waals surface area contributed by atoms with Crippen LogP contribution in [0.2, 0.25) is 0 Å². The van der Waals surface area contributed by atoms with Crippen LogP contribution in [0.25, 0.3) is 11.5 Å². The van der Waals surface area contributed by atoms with Gasteiger partial charge in [-0.3, -0.25) is 4.90 Å². The Kier molecular flexibility index (Phi) is 5.75. The number of alkyl halides is 3. The largest absolute Gasteiger partial charge is 0.497 e. The molecule has 0 saturated carbocycles. The monoisotopic (exact) mass is 403 g/mol. The topological polar surface area (TPSA) is 52.7 Å². The van der Waals surface area contributed by atoms with Gasteiger partial charge in [0.2, 0.25) is 5.89 Å². The average Bonchev–Trinajstić information content (AvgIpc) is 3.01. The highest BCUT2D eigenvalue weighted by Gasteiger charge is 2.41. The van der Waals surface area contributed by atoms with Gasteiger partial charge in [0, 0.05) is 18.2 Å². The molecule has 0 N–H and O–H groups in total. The van der Waals surface area contributed by atoms with Gasteiger partial charge < -0.3 is 13.9 Å². The number of piperidine rings is 1. The van der Waals surface area contributed by atoms with E-state index in [1.54, 1.807) is 23.1 Å². The first-order valence-corrected chi connectivity index (χ1v) is 8.81. The number of ether oxygens (including phenoxy) is 2. The first-order valence-electron chi connectivity index (χ1n) is 8.40. The fourth-order valence-electron chi connectivity index (χ4n) is 3.08. The van der Waals surface area contributed by atoms with Gasteiger partial charge in [-0.1, -0.05) is 0 Å². The molecule has 1 saturated heterocycles. The molecule has 1 aromatic carbocycles. The van der Waals surface area contributed by atoms with E-state index in [9.17, 15) is 13.2 Å². The number of hydrogen-bond acceptors (Lipinski definition) is 6. The fraction of sp³-hybridized carbons (Fsp3) is 0.529. The van der Waals surface area contributed by atoms with Crippen molar-refractivity contribution in [2.24, 2.45) is 5.92 Å². The van der Waals surface area contributed by atoms with Crippen molar-refractivity contribution in [3.63, 3.8) is 0 Å². The van der Waals surface area contributed by atoms with E-state index in [1.807, 2.05) is 0 Å². The van der Waals surface area contributed by atoms with E-state index in [4.69, 9.17) is 26.1 Å². The normalized spacial score (nSPS) is 18.5. The maximum absolute atomic E-state index is 13.0. The van der Waals surface area contributed by atoms with Gasteiger partial charge in [-0.2, -0.15) is 13.2 Å². The summed E-state index contributed by atoms with van der Waals surface area (Å²) in [4.78, 5) is 1.79. The fourth-order valence-corrected chi connectivity index (χ4v) is 3.26. The summed E-state index contributed by atoms with van der Waals surface area (Å²) in [6.07, 6.45) is -3.55. The molecular weight excluding hydrogens is 383 g/mol. The number of halogens is 3. The standard InChI is InChI=1S/C17H20F3N3O3S/c1-24-13-6-11(7-14(8-13)25-2)15-21-23(16(27)26-15)10-22-5-3-4-12(9-22)17(18,19)20/h6-8,12H,3-5,9-10H2,1-2H3. The van der Waals surface area contributed by atoms with Crippen molar-refractivity contribution in [2.45, 2.75) is 25.7 Å². The smallest absolute Gasteiger partial charge is 0.393 e. The Morgan fingerprint density at radius 1 is 1.22 bits per heavy atom. The number of likely N-dealkylation sites (tertiary alicyclic amines) is 1. The molecule has 1 aliphatic heterocycles. The second kappa shape index (κ2) is 7.89. The predicted molar refractivity (Wildman–Crippen MR) is 94.2 cm³/mol. The molecule has 2 aromatic rings. The molecule has 148 valence electrons. The molecule has 0 spiro atoms. The van der Waals surface area contributed by atoms with Crippen LogP contribution in [-0.4, -0.2) is 48.2 Å². The van der Waals surface area contributed by atoms with Crippen molar-refractivity contribution in [3.05, 3.63) is 23.0 Å². The lowest BCUT2D eigenvalue weighted by Gasteiger charge is -2.33. The quantitative estimate of drug-likeness (QED) is 0.700. The molecule has 2 heterocycles. The van der Waals surface area contributed by atoms with Gasteiger partial charge in [0.1, 0.15) is 11.5 Å². The molecule has 0 aliphatic carbocycles. The Morgan fingerprint density at radius 2 is 1.89 bits per heavy atom. The molecule has 0 radical (unpaired) electrons. The third-order valence-corrected chi connectivity index (χ3v) is 4.80. The maximum Gasteiger partial charge on any atom is 0.393 e. The number of nitrogens with zero attached hydrogens (tertiary/aromatic N) is 3. The van der Waals surface area contributed by atoms with Gasteiger partial charge in [0.05, 0.1) is 26.8 Å². The molecule has 1 atom stereocenters. The van der Waals surface area contributed by atoms with E-state index >= 15 is 0 Å². The Labute approximate surface area is 159 Å². The minimum atomic E-state index is -4.19. The zero-order chi connectivity index (χ0) is 19.6. The predicted octanol–water partition coefficient (Wildman–Crippen LogP) is 4.12. The molecule has 27 heavy (non-hydrogen) atoms. The summed E-state index contributed by atoms with van der Waals surface area (Å²) in [6.45, 7) is 0.639. The third kappa shape index (κ3) is 4.62. The Hall–Kier alpha value is -2.07. The van der Waals surface area contributed by atoms with Crippen LogP contribution in [0.5, 0.6) is 11.5 Å². The van der Waals surface area contributed by atoms with Crippen LogP contribution < -0.4 is 9.47 Å². The van der Waals surface area contributed by atoms with Crippen molar-refractivity contribution in [3.8, 4) is 23.0 Å². The van der Waals surface area contributed by atoms with Crippen LogP contribution in [0.4, 0.5) is 13.2 Å². The zero-order valence-corrected chi connectivity index (χ0v) is 15.8. The number of aromatic nitrogens is 2. The van der Waals surface area contributed by atoms with Crippen molar-refractivity contribution < 1.29 is 27.1 Å². The second-order valence-electron chi connectivity index (χ2n) is 6.37. The molecule has 1 aliphatic rings. The molecule has 1 unspecified atom stereocenters. The summed E-state index contributed by atoms with van der Waals surface area (Å²) in [5.74, 6) is 0.0455. The summed E-state index contributed by atoms with van der Waals surface area (Å²) in [5.41, 5.74) is 0.600. The molecular formula is C17H20F3N3O3S. The van der Waals surface area contributed by atoms with Crippen molar-refractivity contribution >= 4 is 12.2 Å². The number of methoxy groups -OCH3 is 2. The van der Waals surface area contributed by atoms with Gasteiger partial charge in [0.15, 0.2) is 0 Å². The number of benzene rings is 1. The lowest BCUT2D eigenvalue weighted by atomic mass is 9.98. The average molecular weight is 403 g/mol. The van der Waals surface area contributed by atoms with Crippen LogP contribution in [0.3, 0.4) is 0 Å². The minimum absolute atomic E-state index is 0.0690. The molecule has 6 nitrogen and oxygen atoms in total. The molecule has 0 bridgehead atoms. The summed E-state index contributed by atoms with van der Waals surface area (Å²) in [6, 6.07) is 5.14. The van der Waals surface area contributed by atoms with Crippen molar-refractivity contribution in [2.75, 3.05) is 27.3 Å². The van der Waals surface area contributed by atoms with E-state index in [-0.39, 0.29) is 30.4 Å². The lowest BCUT2D eigenvalue weighted by Crippen LogP contribution is -2.42. The molecule has 1 fully saturated rings. The highest BCUT2D eigenvalue weighted by atomic mass is 32.1.